The van der Waals surface area contributed by atoms with Crippen LogP contribution in [0.2, 0.25) is 0 Å². The summed E-state index contributed by atoms with van der Waals surface area (Å²) in [5.74, 6) is -1.30. The fourth-order valence-electron chi connectivity index (χ4n) is 1.15. The van der Waals surface area contributed by atoms with E-state index in [2.05, 4.69) is 25.9 Å². The molecule has 2 nitrogen and oxygen atoms in total. The Hall–Kier alpha value is -1.36. The number of hydrogen-bond donors (Lipinski definition) is 0. The normalized spacial score (nSPS) is 10.3. The largest absolute Gasteiger partial charge is 0.235 e. The topological polar surface area (TPSA) is 25.8 Å². The SMILES string of the molecule is Fc1cccc(F)c1-c1ncc(Br)cn1. The molecule has 0 saturated carbocycles. The van der Waals surface area contributed by atoms with Crippen LogP contribution in [0, 0.1) is 11.6 Å². The van der Waals surface area contributed by atoms with Crippen LogP contribution in [0.25, 0.3) is 11.4 Å². The third-order valence-electron chi connectivity index (χ3n) is 1.81. The van der Waals surface area contributed by atoms with E-state index in [1.54, 1.807) is 0 Å². The fourth-order valence-corrected chi connectivity index (χ4v) is 1.36. The second kappa shape index (κ2) is 4.02. The third kappa shape index (κ3) is 2.02. The van der Waals surface area contributed by atoms with Gasteiger partial charge in [-0.25, -0.2) is 18.7 Å². The molecule has 0 aliphatic carbocycles. The Morgan fingerprint density at radius 3 is 2.07 bits per heavy atom. The van der Waals surface area contributed by atoms with Crippen LogP contribution in [0.5, 0.6) is 0 Å². The average Bonchev–Trinajstić information content (AvgIpc) is 2.20. The summed E-state index contributed by atoms with van der Waals surface area (Å²) in [5.41, 5.74) is -0.204. The molecule has 2 rings (SSSR count). The molecular formula is C10H5BrF2N2. The maximum Gasteiger partial charge on any atom is 0.165 e. The van der Waals surface area contributed by atoms with Gasteiger partial charge < -0.3 is 0 Å². The zero-order chi connectivity index (χ0) is 10.8. The molecule has 1 aromatic heterocycles. The quantitative estimate of drug-likeness (QED) is 0.796. The summed E-state index contributed by atoms with van der Waals surface area (Å²) in [5, 5.41) is 0. The Morgan fingerprint density at radius 1 is 1.00 bits per heavy atom. The Morgan fingerprint density at radius 2 is 1.53 bits per heavy atom. The van der Waals surface area contributed by atoms with Gasteiger partial charge in [0.25, 0.3) is 0 Å². The van der Waals surface area contributed by atoms with E-state index in [-0.39, 0.29) is 11.4 Å². The molecule has 76 valence electrons. The smallest absolute Gasteiger partial charge is 0.165 e. The standard InChI is InChI=1S/C10H5BrF2N2/c11-6-4-14-10(15-5-6)9-7(12)2-1-3-8(9)13/h1-5H. The van der Waals surface area contributed by atoms with Gasteiger partial charge in [0.2, 0.25) is 0 Å². The van der Waals surface area contributed by atoms with Crippen molar-refractivity contribution in [3.8, 4) is 11.4 Å². The molecule has 0 saturated heterocycles. The number of hydrogen-bond acceptors (Lipinski definition) is 2. The minimum atomic E-state index is -0.669. The number of nitrogens with zero attached hydrogens (tertiary/aromatic N) is 2. The molecular weight excluding hydrogens is 266 g/mol. The van der Waals surface area contributed by atoms with Gasteiger partial charge in [-0.15, -0.1) is 0 Å². The highest BCUT2D eigenvalue weighted by Crippen LogP contribution is 2.22. The predicted molar refractivity (Wildman–Crippen MR) is 55.1 cm³/mol. The summed E-state index contributed by atoms with van der Waals surface area (Å²) in [6, 6.07) is 3.64. The van der Waals surface area contributed by atoms with Crippen LogP contribution in [0.15, 0.2) is 35.1 Å². The first kappa shape index (κ1) is 10.2. The predicted octanol–water partition coefficient (Wildman–Crippen LogP) is 3.18. The Kier molecular flexibility index (Phi) is 2.73. The maximum absolute atomic E-state index is 13.3. The molecule has 0 radical (unpaired) electrons. The van der Waals surface area contributed by atoms with Gasteiger partial charge in [-0.05, 0) is 28.1 Å². The zero-order valence-electron chi connectivity index (χ0n) is 7.42. The lowest BCUT2D eigenvalue weighted by Crippen LogP contribution is -1.94. The van der Waals surface area contributed by atoms with Crippen molar-refractivity contribution in [1.82, 2.24) is 9.97 Å². The molecule has 0 spiro atoms. The summed E-state index contributed by atoms with van der Waals surface area (Å²) in [7, 11) is 0. The molecule has 0 amide bonds. The van der Waals surface area contributed by atoms with Crippen molar-refractivity contribution in [2.75, 3.05) is 0 Å². The molecule has 0 fully saturated rings. The van der Waals surface area contributed by atoms with Crippen molar-refractivity contribution in [2.24, 2.45) is 0 Å². The monoisotopic (exact) mass is 270 g/mol. The van der Waals surface area contributed by atoms with Crippen LogP contribution in [0.1, 0.15) is 0 Å². The zero-order valence-corrected chi connectivity index (χ0v) is 9.00. The van der Waals surface area contributed by atoms with Crippen LogP contribution in [0.4, 0.5) is 8.78 Å². The van der Waals surface area contributed by atoms with Crippen molar-refractivity contribution in [2.45, 2.75) is 0 Å². The van der Waals surface area contributed by atoms with E-state index in [4.69, 9.17) is 0 Å². The second-order valence-corrected chi connectivity index (χ2v) is 3.74. The molecule has 0 aliphatic rings. The lowest BCUT2D eigenvalue weighted by Gasteiger charge is -2.02. The van der Waals surface area contributed by atoms with Crippen molar-refractivity contribution >= 4 is 15.9 Å². The van der Waals surface area contributed by atoms with E-state index < -0.39 is 11.6 Å². The minimum absolute atomic E-state index is 0.0359. The summed E-state index contributed by atoms with van der Waals surface area (Å²) in [6.45, 7) is 0. The van der Waals surface area contributed by atoms with E-state index >= 15 is 0 Å². The highest BCUT2D eigenvalue weighted by atomic mass is 79.9. The van der Waals surface area contributed by atoms with Gasteiger partial charge in [0.05, 0.1) is 10.0 Å². The van der Waals surface area contributed by atoms with Crippen LogP contribution in [-0.4, -0.2) is 9.97 Å². The van der Waals surface area contributed by atoms with Gasteiger partial charge in [0.1, 0.15) is 11.6 Å². The van der Waals surface area contributed by atoms with Crippen LogP contribution in [0.3, 0.4) is 0 Å². The van der Waals surface area contributed by atoms with Gasteiger partial charge in [-0.3, -0.25) is 0 Å². The second-order valence-electron chi connectivity index (χ2n) is 2.82. The lowest BCUT2D eigenvalue weighted by atomic mass is 10.2. The van der Waals surface area contributed by atoms with Gasteiger partial charge in [0.15, 0.2) is 5.82 Å². The Bertz CT molecular complexity index is 465. The van der Waals surface area contributed by atoms with Gasteiger partial charge in [-0.1, -0.05) is 6.07 Å². The van der Waals surface area contributed by atoms with Crippen molar-refractivity contribution in [1.29, 1.82) is 0 Å². The molecule has 0 aliphatic heterocycles. The molecule has 0 bridgehead atoms. The Labute approximate surface area is 93.1 Å². The molecule has 0 N–H and O–H groups in total. The summed E-state index contributed by atoms with van der Waals surface area (Å²) in [6.07, 6.45) is 2.88. The number of aromatic nitrogens is 2. The van der Waals surface area contributed by atoms with Crippen molar-refractivity contribution in [3.05, 3.63) is 46.7 Å². The van der Waals surface area contributed by atoms with Crippen LogP contribution < -0.4 is 0 Å². The number of halogens is 3. The fraction of sp³-hybridized carbons (Fsp3) is 0. The Balaban J connectivity index is 2.58. The molecule has 1 heterocycles. The highest BCUT2D eigenvalue weighted by molar-refractivity contribution is 9.10. The minimum Gasteiger partial charge on any atom is -0.235 e. The van der Waals surface area contributed by atoms with Gasteiger partial charge in [-0.2, -0.15) is 0 Å². The summed E-state index contributed by atoms with van der Waals surface area (Å²) >= 11 is 3.14. The van der Waals surface area contributed by atoms with Gasteiger partial charge >= 0.3 is 0 Å². The van der Waals surface area contributed by atoms with Crippen molar-refractivity contribution < 1.29 is 8.78 Å². The molecule has 1 aromatic carbocycles. The van der Waals surface area contributed by atoms with E-state index in [0.717, 1.165) is 0 Å². The number of benzene rings is 1. The maximum atomic E-state index is 13.3. The molecule has 15 heavy (non-hydrogen) atoms. The first-order valence-electron chi connectivity index (χ1n) is 4.10. The summed E-state index contributed by atoms with van der Waals surface area (Å²) < 4.78 is 27.3. The van der Waals surface area contributed by atoms with Gasteiger partial charge in [0, 0.05) is 12.4 Å². The average molecular weight is 271 g/mol. The van der Waals surface area contributed by atoms with Crippen LogP contribution in [-0.2, 0) is 0 Å². The third-order valence-corrected chi connectivity index (χ3v) is 2.22. The first-order chi connectivity index (χ1) is 7.18. The number of rotatable bonds is 1. The molecule has 2 aromatic rings. The van der Waals surface area contributed by atoms with Crippen molar-refractivity contribution in [3.63, 3.8) is 0 Å². The highest BCUT2D eigenvalue weighted by Gasteiger charge is 2.12. The van der Waals surface area contributed by atoms with E-state index in [0.29, 0.717) is 4.47 Å². The molecule has 0 atom stereocenters. The van der Waals surface area contributed by atoms with E-state index in [9.17, 15) is 8.78 Å². The first-order valence-corrected chi connectivity index (χ1v) is 4.89. The molecule has 5 heteroatoms. The van der Waals surface area contributed by atoms with E-state index in [1.807, 2.05) is 0 Å². The summed E-state index contributed by atoms with van der Waals surface area (Å²) in [4.78, 5) is 7.66. The van der Waals surface area contributed by atoms with E-state index in [1.165, 1.54) is 30.6 Å². The molecule has 0 unspecified atom stereocenters. The van der Waals surface area contributed by atoms with Crippen LogP contribution >= 0.6 is 15.9 Å². The lowest BCUT2D eigenvalue weighted by molar-refractivity contribution is 0.587.